The zero-order chi connectivity index (χ0) is 16.4. The topological polar surface area (TPSA) is 58.6 Å². The number of hydrogen-bond donors (Lipinski definition) is 1. The number of likely N-dealkylation sites (N-methyl/N-ethyl adjacent to an activating group) is 1. The molecule has 1 aromatic heterocycles. The van der Waals surface area contributed by atoms with E-state index in [2.05, 4.69) is 5.32 Å². The number of thiophene rings is 1. The summed E-state index contributed by atoms with van der Waals surface area (Å²) in [6, 6.07) is 9.51. The van der Waals surface area contributed by atoms with Crippen molar-refractivity contribution in [1.82, 2.24) is 5.32 Å². The highest BCUT2D eigenvalue weighted by atomic mass is 32.1. The molecule has 1 unspecified atom stereocenters. The summed E-state index contributed by atoms with van der Waals surface area (Å²) in [5.41, 5.74) is 1.67. The normalized spacial score (nSPS) is 16.7. The average Bonchev–Trinajstić information content (AvgIpc) is 3.04. The summed E-state index contributed by atoms with van der Waals surface area (Å²) in [5, 5.41) is 4.86. The van der Waals surface area contributed by atoms with Gasteiger partial charge in [0.05, 0.1) is 12.1 Å². The van der Waals surface area contributed by atoms with Gasteiger partial charge in [-0.3, -0.25) is 9.59 Å². The monoisotopic (exact) mass is 330 g/mol. The van der Waals surface area contributed by atoms with Crippen LogP contribution < -0.4 is 15.0 Å². The molecule has 1 aromatic carbocycles. The summed E-state index contributed by atoms with van der Waals surface area (Å²) < 4.78 is 5.59. The van der Waals surface area contributed by atoms with E-state index in [1.165, 1.54) is 0 Å². The van der Waals surface area contributed by atoms with Crippen LogP contribution in [0.15, 0.2) is 35.7 Å². The number of hydrogen-bond acceptors (Lipinski definition) is 4. The summed E-state index contributed by atoms with van der Waals surface area (Å²) in [7, 11) is 1.74. The largest absolute Gasteiger partial charge is 0.479 e. The van der Waals surface area contributed by atoms with Gasteiger partial charge in [-0.15, -0.1) is 11.3 Å². The molecule has 3 rings (SSSR count). The molecule has 0 fully saturated rings. The fraction of sp³-hybridized carbons (Fsp3) is 0.294. The number of amides is 2. The summed E-state index contributed by atoms with van der Waals surface area (Å²) in [5.74, 6) is 0.601. The molecule has 1 aliphatic rings. The van der Waals surface area contributed by atoms with Gasteiger partial charge in [0.15, 0.2) is 6.10 Å². The van der Waals surface area contributed by atoms with E-state index < -0.39 is 6.10 Å². The van der Waals surface area contributed by atoms with E-state index in [4.69, 9.17) is 4.74 Å². The quantitative estimate of drug-likeness (QED) is 0.936. The van der Waals surface area contributed by atoms with E-state index in [-0.39, 0.29) is 11.8 Å². The van der Waals surface area contributed by atoms with Gasteiger partial charge in [-0.1, -0.05) is 12.1 Å². The first-order valence-electron chi connectivity index (χ1n) is 7.41. The smallest absolute Gasteiger partial charge is 0.267 e. The molecule has 0 saturated heterocycles. The lowest BCUT2D eigenvalue weighted by molar-refractivity contribution is -0.125. The van der Waals surface area contributed by atoms with Crippen LogP contribution in [0.4, 0.5) is 5.69 Å². The molecule has 0 radical (unpaired) electrons. The zero-order valence-corrected chi connectivity index (χ0v) is 13.9. The number of ether oxygens (including phenoxy) is 1. The second kappa shape index (κ2) is 6.42. The molecule has 23 heavy (non-hydrogen) atoms. The van der Waals surface area contributed by atoms with Crippen LogP contribution in [0.1, 0.15) is 17.4 Å². The highest BCUT2D eigenvalue weighted by Gasteiger charge is 2.28. The van der Waals surface area contributed by atoms with Gasteiger partial charge in [0.2, 0.25) is 5.91 Å². The van der Waals surface area contributed by atoms with Crippen molar-refractivity contribution in [2.45, 2.75) is 26.0 Å². The molecule has 5 nitrogen and oxygen atoms in total. The maximum absolute atomic E-state index is 12.0. The van der Waals surface area contributed by atoms with Crippen LogP contribution in [0.25, 0.3) is 0 Å². The Bertz CT molecular complexity index is 727. The van der Waals surface area contributed by atoms with Crippen molar-refractivity contribution >= 4 is 28.8 Å². The van der Waals surface area contributed by atoms with Gasteiger partial charge in [-0.25, -0.2) is 0 Å². The Kier molecular flexibility index (Phi) is 4.34. The van der Waals surface area contributed by atoms with Gasteiger partial charge in [0.1, 0.15) is 5.75 Å². The summed E-state index contributed by atoms with van der Waals surface area (Å²) in [6.45, 7) is 2.16. The van der Waals surface area contributed by atoms with Crippen molar-refractivity contribution in [3.63, 3.8) is 0 Å². The Labute approximate surface area is 138 Å². The Morgan fingerprint density at radius 2 is 2.22 bits per heavy atom. The molecule has 0 bridgehead atoms. The van der Waals surface area contributed by atoms with Crippen LogP contribution in [-0.2, 0) is 22.6 Å². The molecule has 1 N–H and O–H groups in total. The summed E-state index contributed by atoms with van der Waals surface area (Å²) in [4.78, 5) is 26.6. The fourth-order valence-corrected chi connectivity index (χ4v) is 3.21. The van der Waals surface area contributed by atoms with Crippen LogP contribution in [0.2, 0.25) is 0 Å². The van der Waals surface area contributed by atoms with Crippen LogP contribution in [0.5, 0.6) is 5.75 Å². The number of anilines is 1. The van der Waals surface area contributed by atoms with Gasteiger partial charge in [0.25, 0.3) is 5.91 Å². The average molecular weight is 330 g/mol. The maximum Gasteiger partial charge on any atom is 0.267 e. The second-order valence-corrected chi connectivity index (χ2v) is 6.52. The molecule has 2 amide bonds. The molecular weight excluding hydrogens is 312 g/mol. The maximum atomic E-state index is 12.0. The molecule has 6 heteroatoms. The predicted molar refractivity (Wildman–Crippen MR) is 89.8 cm³/mol. The van der Waals surface area contributed by atoms with Crippen molar-refractivity contribution in [2.75, 3.05) is 11.9 Å². The number of benzene rings is 1. The predicted octanol–water partition coefficient (Wildman–Crippen LogP) is 2.35. The molecular formula is C17H18N2O3S. The van der Waals surface area contributed by atoms with Gasteiger partial charge in [0, 0.05) is 18.5 Å². The molecule has 0 saturated carbocycles. The third kappa shape index (κ3) is 3.37. The summed E-state index contributed by atoms with van der Waals surface area (Å²) >= 11 is 1.57. The first-order valence-corrected chi connectivity index (χ1v) is 8.29. The van der Waals surface area contributed by atoms with Crippen LogP contribution in [0, 0.1) is 0 Å². The molecule has 1 atom stereocenters. The van der Waals surface area contributed by atoms with E-state index in [9.17, 15) is 9.59 Å². The number of nitrogens with one attached hydrogen (secondary N) is 1. The first-order chi connectivity index (χ1) is 11.0. The van der Waals surface area contributed by atoms with E-state index in [1.54, 1.807) is 30.2 Å². The minimum absolute atomic E-state index is 0.0144. The third-order valence-corrected chi connectivity index (χ3v) is 4.65. The van der Waals surface area contributed by atoms with E-state index in [0.717, 1.165) is 16.1 Å². The Morgan fingerprint density at radius 1 is 1.39 bits per heavy atom. The van der Waals surface area contributed by atoms with Crippen molar-refractivity contribution in [1.29, 1.82) is 0 Å². The lowest BCUT2D eigenvalue weighted by Gasteiger charge is -2.30. The standard InChI is InChI=1S/C17H18N2O3S/c1-11-17(21)19(2)14-8-12(5-6-15(14)22-11)10-18-16(20)9-13-4-3-7-23-13/h3-8,11H,9-10H2,1-2H3,(H,18,20). The lowest BCUT2D eigenvalue weighted by atomic mass is 10.1. The van der Waals surface area contributed by atoms with Gasteiger partial charge < -0.3 is 15.0 Å². The third-order valence-electron chi connectivity index (χ3n) is 3.77. The number of fused-ring (bicyclic) bond motifs is 1. The highest BCUT2D eigenvalue weighted by molar-refractivity contribution is 7.10. The molecule has 0 spiro atoms. The Morgan fingerprint density at radius 3 is 2.96 bits per heavy atom. The van der Waals surface area contributed by atoms with Gasteiger partial charge in [-0.05, 0) is 36.1 Å². The van der Waals surface area contributed by atoms with Crippen molar-refractivity contribution in [3.05, 3.63) is 46.2 Å². The SMILES string of the molecule is CC1Oc2ccc(CNC(=O)Cc3cccs3)cc2N(C)C1=O. The van der Waals surface area contributed by atoms with Crippen LogP contribution >= 0.6 is 11.3 Å². The van der Waals surface area contributed by atoms with Crippen molar-refractivity contribution in [3.8, 4) is 5.75 Å². The molecule has 120 valence electrons. The number of carbonyl (C=O) groups excluding carboxylic acids is 2. The number of carbonyl (C=O) groups is 2. The van der Waals surface area contributed by atoms with E-state index in [1.807, 2.05) is 35.7 Å². The van der Waals surface area contributed by atoms with Crippen LogP contribution in [-0.4, -0.2) is 25.0 Å². The molecule has 0 aliphatic carbocycles. The lowest BCUT2D eigenvalue weighted by Crippen LogP contribution is -2.42. The highest BCUT2D eigenvalue weighted by Crippen LogP contribution is 2.33. The number of rotatable bonds is 4. The summed E-state index contributed by atoms with van der Waals surface area (Å²) in [6.07, 6.45) is -0.0782. The number of nitrogens with zero attached hydrogens (tertiary/aromatic N) is 1. The first kappa shape index (κ1) is 15.6. The Hall–Kier alpha value is -2.34. The molecule has 1 aliphatic heterocycles. The molecule has 2 heterocycles. The fourth-order valence-electron chi connectivity index (χ4n) is 2.50. The second-order valence-electron chi connectivity index (χ2n) is 5.49. The van der Waals surface area contributed by atoms with Gasteiger partial charge in [-0.2, -0.15) is 0 Å². The van der Waals surface area contributed by atoms with Crippen LogP contribution in [0.3, 0.4) is 0 Å². The van der Waals surface area contributed by atoms with E-state index in [0.29, 0.717) is 18.7 Å². The zero-order valence-electron chi connectivity index (χ0n) is 13.0. The molecule has 2 aromatic rings. The van der Waals surface area contributed by atoms with Crippen molar-refractivity contribution < 1.29 is 14.3 Å². The minimum atomic E-state index is -0.469. The van der Waals surface area contributed by atoms with E-state index >= 15 is 0 Å². The van der Waals surface area contributed by atoms with Crippen molar-refractivity contribution in [2.24, 2.45) is 0 Å². The van der Waals surface area contributed by atoms with Gasteiger partial charge >= 0.3 is 0 Å². The minimum Gasteiger partial charge on any atom is -0.479 e. The Balaban J connectivity index is 1.65.